The second-order valence-electron chi connectivity index (χ2n) is 4.30. The molecular weight excluding hydrogens is 320 g/mol. The average molecular weight is 334 g/mol. The molecule has 0 radical (unpaired) electrons. The number of aromatic nitrogens is 3. The summed E-state index contributed by atoms with van der Waals surface area (Å²) in [5.74, 6) is 0. The van der Waals surface area contributed by atoms with Crippen molar-refractivity contribution in [3.8, 4) is 0 Å². The quantitative estimate of drug-likeness (QED) is 0.837. The van der Waals surface area contributed by atoms with Gasteiger partial charge in [-0.05, 0) is 47.9 Å². The summed E-state index contributed by atoms with van der Waals surface area (Å²) in [6, 6.07) is 2.22. The Labute approximate surface area is 119 Å². The standard InChI is InChI=1S/C11H13BrN4O.ClH/c12-7-5-9-10(14-6-7)15-11(17)16(9)8-1-3-13-4-2-8;/h5-6,8,13H,1-4H2,(H,14,15,17);1H. The van der Waals surface area contributed by atoms with E-state index in [1.807, 2.05) is 10.6 Å². The maximum Gasteiger partial charge on any atom is 0.327 e. The summed E-state index contributed by atoms with van der Waals surface area (Å²) in [5, 5.41) is 3.31. The Bertz CT molecular complexity index is 603. The third-order valence-corrected chi connectivity index (χ3v) is 3.65. The summed E-state index contributed by atoms with van der Waals surface area (Å²) >= 11 is 3.40. The molecule has 2 N–H and O–H groups in total. The molecule has 1 aliphatic heterocycles. The Hall–Kier alpha value is -0.850. The Kier molecular flexibility index (Phi) is 4.09. The molecule has 0 aromatic carbocycles. The van der Waals surface area contributed by atoms with Crippen molar-refractivity contribution >= 4 is 39.5 Å². The second-order valence-corrected chi connectivity index (χ2v) is 5.22. The van der Waals surface area contributed by atoms with Crippen molar-refractivity contribution in [1.29, 1.82) is 0 Å². The van der Waals surface area contributed by atoms with Gasteiger partial charge in [0.25, 0.3) is 0 Å². The summed E-state index contributed by atoms with van der Waals surface area (Å²) in [4.78, 5) is 19.0. The van der Waals surface area contributed by atoms with Gasteiger partial charge in [-0.25, -0.2) is 9.78 Å². The fourth-order valence-electron chi connectivity index (χ4n) is 2.41. The molecule has 0 aliphatic carbocycles. The molecular formula is C11H14BrClN4O. The number of imidazole rings is 1. The highest BCUT2D eigenvalue weighted by Crippen LogP contribution is 2.22. The Balaban J connectivity index is 0.00000120. The van der Waals surface area contributed by atoms with Crippen LogP contribution in [-0.2, 0) is 0 Å². The molecule has 0 spiro atoms. The number of nitrogens with one attached hydrogen (secondary N) is 2. The number of piperidine rings is 1. The van der Waals surface area contributed by atoms with Crippen LogP contribution in [0, 0.1) is 0 Å². The first kappa shape index (κ1) is 13.6. The number of rotatable bonds is 1. The van der Waals surface area contributed by atoms with E-state index >= 15 is 0 Å². The fourth-order valence-corrected chi connectivity index (χ4v) is 2.73. The van der Waals surface area contributed by atoms with Crippen molar-refractivity contribution in [2.24, 2.45) is 0 Å². The summed E-state index contributed by atoms with van der Waals surface area (Å²) in [6.45, 7) is 1.93. The number of aromatic amines is 1. The molecule has 1 aliphatic rings. The van der Waals surface area contributed by atoms with Crippen molar-refractivity contribution in [2.75, 3.05) is 13.1 Å². The monoisotopic (exact) mass is 332 g/mol. The molecule has 0 unspecified atom stereocenters. The van der Waals surface area contributed by atoms with Gasteiger partial charge in [0.2, 0.25) is 0 Å². The van der Waals surface area contributed by atoms with Gasteiger partial charge in [-0.3, -0.25) is 9.55 Å². The van der Waals surface area contributed by atoms with Crippen LogP contribution in [0.5, 0.6) is 0 Å². The van der Waals surface area contributed by atoms with Crippen LogP contribution in [0.25, 0.3) is 11.2 Å². The van der Waals surface area contributed by atoms with Crippen LogP contribution in [0.15, 0.2) is 21.5 Å². The number of hydrogen-bond acceptors (Lipinski definition) is 3. The molecule has 1 saturated heterocycles. The number of nitrogens with zero attached hydrogens (tertiary/aromatic N) is 2. The van der Waals surface area contributed by atoms with Crippen molar-refractivity contribution in [3.05, 3.63) is 27.2 Å². The van der Waals surface area contributed by atoms with Crippen LogP contribution < -0.4 is 11.0 Å². The van der Waals surface area contributed by atoms with Crippen molar-refractivity contribution in [2.45, 2.75) is 18.9 Å². The van der Waals surface area contributed by atoms with Crippen molar-refractivity contribution in [3.63, 3.8) is 0 Å². The Morgan fingerprint density at radius 3 is 2.83 bits per heavy atom. The summed E-state index contributed by atoms with van der Waals surface area (Å²) < 4.78 is 2.74. The van der Waals surface area contributed by atoms with Crippen LogP contribution >= 0.6 is 28.3 Å². The van der Waals surface area contributed by atoms with Crippen LogP contribution in [0.2, 0.25) is 0 Å². The first-order chi connectivity index (χ1) is 8.25. The molecule has 7 heteroatoms. The molecule has 98 valence electrons. The van der Waals surface area contributed by atoms with Crippen molar-refractivity contribution in [1.82, 2.24) is 19.9 Å². The molecule has 3 rings (SSSR count). The average Bonchev–Trinajstić information content (AvgIpc) is 2.65. The van der Waals surface area contributed by atoms with E-state index in [1.165, 1.54) is 0 Å². The zero-order valence-electron chi connectivity index (χ0n) is 9.65. The lowest BCUT2D eigenvalue weighted by Gasteiger charge is -2.23. The highest BCUT2D eigenvalue weighted by atomic mass is 79.9. The third kappa shape index (κ3) is 2.32. The minimum Gasteiger partial charge on any atom is -0.317 e. The predicted octanol–water partition coefficient (Wildman–Crippen LogP) is 1.83. The van der Waals surface area contributed by atoms with Gasteiger partial charge in [-0.15, -0.1) is 12.4 Å². The molecule has 5 nitrogen and oxygen atoms in total. The first-order valence-corrected chi connectivity index (χ1v) is 6.51. The highest BCUT2D eigenvalue weighted by molar-refractivity contribution is 9.10. The number of hydrogen-bond donors (Lipinski definition) is 2. The Morgan fingerprint density at radius 1 is 1.39 bits per heavy atom. The van der Waals surface area contributed by atoms with Crippen LogP contribution in [0.1, 0.15) is 18.9 Å². The fraction of sp³-hybridized carbons (Fsp3) is 0.455. The van der Waals surface area contributed by atoms with Crippen LogP contribution in [0.4, 0.5) is 0 Å². The van der Waals surface area contributed by atoms with Crippen LogP contribution in [-0.4, -0.2) is 27.6 Å². The third-order valence-electron chi connectivity index (χ3n) is 3.21. The van der Waals surface area contributed by atoms with Gasteiger partial charge >= 0.3 is 5.69 Å². The van der Waals surface area contributed by atoms with E-state index in [0.29, 0.717) is 5.65 Å². The molecule has 2 aromatic rings. The second kappa shape index (κ2) is 5.42. The zero-order chi connectivity index (χ0) is 11.8. The molecule has 2 aromatic heterocycles. The van der Waals surface area contributed by atoms with E-state index in [0.717, 1.165) is 35.9 Å². The van der Waals surface area contributed by atoms with Gasteiger partial charge in [0.1, 0.15) is 0 Å². The molecule has 1 fully saturated rings. The summed E-state index contributed by atoms with van der Waals surface area (Å²) in [6.07, 6.45) is 3.67. The summed E-state index contributed by atoms with van der Waals surface area (Å²) in [5.41, 5.74) is 1.49. The zero-order valence-corrected chi connectivity index (χ0v) is 12.1. The maximum absolute atomic E-state index is 12.0. The lowest BCUT2D eigenvalue weighted by molar-refractivity contribution is 0.368. The van der Waals surface area contributed by atoms with Gasteiger partial charge < -0.3 is 5.32 Å². The lowest BCUT2D eigenvalue weighted by Crippen LogP contribution is -2.33. The molecule has 0 atom stereocenters. The number of H-pyrrole nitrogens is 1. The smallest absolute Gasteiger partial charge is 0.317 e. The van der Waals surface area contributed by atoms with Crippen LogP contribution in [0.3, 0.4) is 0 Å². The van der Waals surface area contributed by atoms with Gasteiger partial charge in [-0.2, -0.15) is 0 Å². The molecule has 0 saturated carbocycles. The normalized spacial score (nSPS) is 16.7. The van der Waals surface area contributed by atoms with Gasteiger partial charge in [0.05, 0.1) is 5.52 Å². The number of fused-ring (bicyclic) bond motifs is 1. The maximum atomic E-state index is 12.0. The SMILES string of the molecule is Cl.O=c1[nH]c2ncc(Br)cc2n1C1CCNCC1. The van der Waals surface area contributed by atoms with E-state index in [9.17, 15) is 4.79 Å². The number of halogens is 2. The largest absolute Gasteiger partial charge is 0.327 e. The van der Waals surface area contributed by atoms with Gasteiger partial charge in [0.15, 0.2) is 5.65 Å². The molecule has 0 bridgehead atoms. The minimum absolute atomic E-state index is 0. The van der Waals surface area contributed by atoms with E-state index in [-0.39, 0.29) is 24.1 Å². The van der Waals surface area contributed by atoms with E-state index in [4.69, 9.17) is 0 Å². The lowest BCUT2D eigenvalue weighted by atomic mass is 10.1. The van der Waals surface area contributed by atoms with Crippen molar-refractivity contribution < 1.29 is 0 Å². The van der Waals surface area contributed by atoms with E-state index in [1.54, 1.807) is 6.20 Å². The van der Waals surface area contributed by atoms with E-state index in [2.05, 4.69) is 31.2 Å². The van der Waals surface area contributed by atoms with E-state index < -0.39 is 0 Å². The highest BCUT2D eigenvalue weighted by Gasteiger charge is 2.19. The molecule has 3 heterocycles. The molecule has 18 heavy (non-hydrogen) atoms. The van der Waals surface area contributed by atoms with Gasteiger partial charge in [0, 0.05) is 16.7 Å². The topological polar surface area (TPSA) is 62.7 Å². The summed E-state index contributed by atoms with van der Waals surface area (Å²) in [7, 11) is 0. The predicted molar refractivity (Wildman–Crippen MR) is 76.4 cm³/mol. The Morgan fingerprint density at radius 2 is 2.11 bits per heavy atom. The minimum atomic E-state index is -0.0579. The first-order valence-electron chi connectivity index (χ1n) is 5.72. The van der Waals surface area contributed by atoms with Gasteiger partial charge in [-0.1, -0.05) is 0 Å². The number of pyridine rings is 1. The molecule has 0 amide bonds.